The van der Waals surface area contributed by atoms with Crippen LogP contribution in [0.2, 0.25) is 0 Å². The SMILES string of the molecule is CCC(CC(C)C)C1C(C)C1C. The van der Waals surface area contributed by atoms with E-state index in [1.54, 1.807) is 0 Å². The topological polar surface area (TPSA) is 0 Å². The molecule has 0 spiro atoms. The van der Waals surface area contributed by atoms with Crippen LogP contribution in [0.4, 0.5) is 0 Å². The third kappa shape index (κ3) is 2.02. The Labute approximate surface area is 77.7 Å². The summed E-state index contributed by atoms with van der Waals surface area (Å²) in [5.74, 6) is 4.96. The van der Waals surface area contributed by atoms with Crippen LogP contribution in [-0.4, -0.2) is 0 Å². The molecule has 3 atom stereocenters. The summed E-state index contributed by atoms with van der Waals surface area (Å²) in [6.45, 7) is 11.9. The van der Waals surface area contributed by atoms with Crippen LogP contribution in [0, 0.1) is 29.6 Å². The molecule has 1 aliphatic carbocycles. The maximum atomic E-state index is 2.42. The van der Waals surface area contributed by atoms with E-state index in [1.807, 2.05) is 0 Å². The van der Waals surface area contributed by atoms with Crippen molar-refractivity contribution in [3.8, 4) is 0 Å². The monoisotopic (exact) mass is 168 g/mol. The molecule has 72 valence electrons. The molecule has 0 aliphatic heterocycles. The van der Waals surface area contributed by atoms with Crippen molar-refractivity contribution in [2.24, 2.45) is 29.6 Å². The molecule has 0 N–H and O–H groups in total. The summed E-state index contributed by atoms with van der Waals surface area (Å²) in [6.07, 6.45) is 2.83. The predicted octanol–water partition coefficient (Wildman–Crippen LogP) is 3.96. The van der Waals surface area contributed by atoms with E-state index in [4.69, 9.17) is 0 Å². The third-order valence-corrected chi connectivity index (χ3v) is 3.75. The summed E-state index contributed by atoms with van der Waals surface area (Å²) in [6, 6.07) is 0. The summed E-state index contributed by atoms with van der Waals surface area (Å²) in [5.41, 5.74) is 0. The van der Waals surface area contributed by atoms with E-state index < -0.39 is 0 Å². The molecule has 0 heteroatoms. The molecule has 1 saturated carbocycles. The molecule has 1 rings (SSSR count). The summed E-state index contributed by atoms with van der Waals surface area (Å²) in [4.78, 5) is 0. The van der Waals surface area contributed by atoms with Gasteiger partial charge in [-0.3, -0.25) is 0 Å². The first-order chi connectivity index (χ1) is 5.57. The highest BCUT2D eigenvalue weighted by Crippen LogP contribution is 2.52. The fraction of sp³-hybridized carbons (Fsp3) is 1.00. The molecular weight excluding hydrogens is 144 g/mol. The molecule has 0 aromatic carbocycles. The lowest BCUT2D eigenvalue weighted by Gasteiger charge is -2.16. The minimum Gasteiger partial charge on any atom is -0.0651 e. The smallest absolute Gasteiger partial charge is 0.0329 e. The van der Waals surface area contributed by atoms with Gasteiger partial charge in [0.15, 0.2) is 0 Å². The van der Waals surface area contributed by atoms with Crippen molar-refractivity contribution in [2.75, 3.05) is 0 Å². The highest BCUT2D eigenvalue weighted by atomic mass is 14.5. The quantitative estimate of drug-likeness (QED) is 0.596. The Morgan fingerprint density at radius 3 is 1.83 bits per heavy atom. The van der Waals surface area contributed by atoms with E-state index >= 15 is 0 Å². The zero-order valence-electron chi connectivity index (χ0n) is 9.30. The van der Waals surface area contributed by atoms with E-state index in [-0.39, 0.29) is 0 Å². The van der Waals surface area contributed by atoms with Crippen LogP contribution in [-0.2, 0) is 0 Å². The average molecular weight is 168 g/mol. The van der Waals surface area contributed by atoms with Crippen molar-refractivity contribution in [1.29, 1.82) is 0 Å². The van der Waals surface area contributed by atoms with E-state index in [1.165, 1.54) is 12.8 Å². The van der Waals surface area contributed by atoms with E-state index in [2.05, 4.69) is 34.6 Å². The Balaban J connectivity index is 2.36. The fourth-order valence-corrected chi connectivity index (χ4v) is 2.76. The molecule has 1 aliphatic rings. The summed E-state index contributed by atoms with van der Waals surface area (Å²) < 4.78 is 0. The molecule has 12 heavy (non-hydrogen) atoms. The molecule has 0 heterocycles. The van der Waals surface area contributed by atoms with Gasteiger partial charge in [-0.1, -0.05) is 41.0 Å². The third-order valence-electron chi connectivity index (χ3n) is 3.75. The van der Waals surface area contributed by atoms with Gasteiger partial charge in [0.1, 0.15) is 0 Å². The zero-order chi connectivity index (χ0) is 9.30. The largest absolute Gasteiger partial charge is 0.0651 e. The normalized spacial score (nSPS) is 37.0. The minimum atomic E-state index is 0.884. The summed E-state index contributed by atoms with van der Waals surface area (Å²) in [7, 11) is 0. The van der Waals surface area contributed by atoms with Gasteiger partial charge in [-0.15, -0.1) is 0 Å². The molecule has 0 bridgehead atoms. The van der Waals surface area contributed by atoms with Crippen LogP contribution in [0.15, 0.2) is 0 Å². The molecule has 0 radical (unpaired) electrons. The average Bonchev–Trinajstić information content (AvgIpc) is 2.56. The second kappa shape index (κ2) is 3.81. The Kier molecular flexibility index (Phi) is 3.20. The molecule has 3 unspecified atom stereocenters. The lowest BCUT2D eigenvalue weighted by atomic mass is 9.89. The first kappa shape index (κ1) is 10.1. The molecule has 1 fully saturated rings. The standard InChI is InChI=1S/C12H24/c1-6-11(7-8(2)3)12-9(4)10(12)5/h8-12H,6-7H2,1-5H3. The van der Waals surface area contributed by atoms with E-state index in [0.717, 1.165) is 29.6 Å². The highest BCUT2D eigenvalue weighted by molar-refractivity contribution is 4.94. The lowest BCUT2D eigenvalue weighted by Crippen LogP contribution is -2.07. The Morgan fingerprint density at radius 2 is 1.58 bits per heavy atom. The van der Waals surface area contributed by atoms with Gasteiger partial charge in [-0.2, -0.15) is 0 Å². The van der Waals surface area contributed by atoms with Crippen LogP contribution in [0.5, 0.6) is 0 Å². The number of hydrogen-bond acceptors (Lipinski definition) is 0. The molecule has 0 aromatic rings. The van der Waals surface area contributed by atoms with Crippen LogP contribution in [0.3, 0.4) is 0 Å². The van der Waals surface area contributed by atoms with Gasteiger partial charge in [-0.05, 0) is 36.0 Å². The maximum absolute atomic E-state index is 2.42. The second-order valence-corrected chi connectivity index (χ2v) is 5.09. The van der Waals surface area contributed by atoms with Crippen LogP contribution in [0.25, 0.3) is 0 Å². The van der Waals surface area contributed by atoms with Crippen molar-refractivity contribution in [3.63, 3.8) is 0 Å². The molecule has 0 amide bonds. The Morgan fingerprint density at radius 1 is 1.08 bits per heavy atom. The van der Waals surface area contributed by atoms with Crippen molar-refractivity contribution in [2.45, 2.75) is 47.5 Å². The molecule has 0 saturated heterocycles. The summed E-state index contributed by atoms with van der Waals surface area (Å²) in [5, 5.41) is 0. The zero-order valence-corrected chi connectivity index (χ0v) is 9.30. The first-order valence-electron chi connectivity index (χ1n) is 5.57. The lowest BCUT2D eigenvalue weighted by molar-refractivity contribution is 0.338. The predicted molar refractivity (Wildman–Crippen MR) is 55.1 cm³/mol. The number of rotatable bonds is 4. The highest BCUT2D eigenvalue weighted by Gasteiger charge is 2.46. The van der Waals surface area contributed by atoms with E-state index in [0.29, 0.717) is 0 Å². The number of hydrogen-bond donors (Lipinski definition) is 0. The Bertz CT molecular complexity index is 129. The molecule has 0 aromatic heterocycles. The van der Waals surface area contributed by atoms with Gasteiger partial charge in [0.2, 0.25) is 0 Å². The second-order valence-electron chi connectivity index (χ2n) is 5.09. The van der Waals surface area contributed by atoms with Crippen LogP contribution >= 0.6 is 0 Å². The van der Waals surface area contributed by atoms with E-state index in [9.17, 15) is 0 Å². The molecule has 0 nitrogen and oxygen atoms in total. The van der Waals surface area contributed by atoms with Gasteiger partial charge in [0.05, 0.1) is 0 Å². The van der Waals surface area contributed by atoms with Crippen LogP contribution in [0.1, 0.15) is 47.5 Å². The van der Waals surface area contributed by atoms with Gasteiger partial charge in [0.25, 0.3) is 0 Å². The van der Waals surface area contributed by atoms with Crippen molar-refractivity contribution in [3.05, 3.63) is 0 Å². The maximum Gasteiger partial charge on any atom is -0.0329 e. The van der Waals surface area contributed by atoms with Gasteiger partial charge in [0, 0.05) is 0 Å². The van der Waals surface area contributed by atoms with Crippen molar-refractivity contribution >= 4 is 0 Å². The minimum absolute atomic E-state index is 0.884. The van der Waals surface area contributed by atoms with Crippen molar-refractivity contribution < 1.29 is 0 Å². The Hall–Kier alpha value is 0. The summed E-state index contributed by atoms with van der Waals surface area (Å²) >= 11 is 0. The fourth-order valence-electron chi connectivity index (χ4n) is 2.76. The van der Waals surface area contributed by atoms with Crippen molar-refractivity contribution in [1.82, 2.24) is 0 Å². The van der Waals surface area contributed by atoms with Crippen LogP contribution < -0.4 is 0 Å². The molecular formula is C12H24. The van der Waals surface area contributed by atoms with Gasteiger partial charge >= 0.3 is 0 Å². The van der Waals surface area contributed by atoms with Gasteiger partial charge in [-0.25, -0.2) is 0 Å². The first-order valence-corrected chi connectivity index (χ1v) is 5.57. The van der Waals surface area contributed by atoms with Gasteiger partial charge < -0.3 is 0 Å².